The number of hydrogen-bond donors (Lipinski definition) is 2. The molecule has 0 heterocycles. The second-order valence-electron chi connectivity index (χ2n) is 4.26. The zero-order valence-corrected chi connectivity index (χ0v) is 12.4. The van der Waals surface area contributed by atoms with Crippen LogP contribution in [0.25, 0.3) is 0 Å². The minimum absolute atomic E-state index is 0.115. The summed E-state index contributed by atoms with van der Waals surface area (Å²) in [6.07, 6.45) is 0. The first kappa shape index (κ1) is 14.4. The lowest BCUT2D eigenvalue weighted by Gasteiger charge is -2.09. The van der Waals surface area contributed by atoms with Gasteiger partial charge in [0, 0.05) is 22.8 Å². The Labute approximate surface area is 126 Å². The SMILES string of the molecule is NC(=O)COc1cccc(NCc2ccc(Br)cc2)c1. The normalized spacial score (nSPS) is 10.1. The van der Waals surface area contributed by atoms with Gasteiger partial charge in [0.25, 0.3) is 5.91 Å². The zero-order chi connectivity index (χ0) is 14.4. The number of amides is 1. The van der Waals surface area contributed by atoms with Crippen molar-refractivity contribution in [1.82, 2.24) is 0 Å². The summed E-state index contributed by atoms with van der Waals surface area (Å²) in [5.74, 6) is 0.128. The summed E-state index contributed by atoms with van der Waals surface area (Å²) < 4.78 is 6.31. The third-order valence-corrected chi connectivity index (χ3v) is 3.15. The van der Waals surface area contributed by atoms with Crippen LogP contribution < -0.4 is 15.8 Å². The highest BCUT2D eigenvalue weighted by Crippen LogP contribution is 2.18. The molecule has 0 unspecified atom stereocenters. The van der Waals surface area contributed by atoms with Gasteiger partial charge < -0.3 is 15.8 Å². The van der Waals surface area contributed by atoms with Gasteiger partial charge in [-0.2, -0.15) is 0 Å². The molecule has 0 atom stereocenters. The molecule has 2 rings (SSSR count). The van der Waals surface area contributed by atoms with E-state index in [0.29, 0.717) is 12.3 Å². The molecule has 0 radical (unpaired) electrons. The summed E-state index contributed by atoms with van der Waals surface area (Å²) in [7, 11) is 0. The van der Waals surface area contributed by atoms with Gasteiger partial charge in [0.2, 0.25) is 0 Å². The lowest BCUT2D eigenvalue weighted by Crippen LogP contribution is -2.20. The first-order chi connectivity index (χ1) is 9.63. The molecule has 5 heteroatoms. The van der Waals surface area contributed by atoms with E-state index in [1.54, 1.807) is 6.07 Å². The molecule has 4 nitrogen and oxygen atoms in total. The molecule has 3 N–H and O–H groups in total. The Bertz CT molecular complexity index is 585. The van der Waals surface area contributed by atoms with Crippen molar-refractivity contribution in [2.45, 2.75) is 6.54 Å². The molecule has 0 saturated heterocycles. The molecule has 1 amide bonds. The Morgan fingerprint density at radius 3 is 2.65 bits per heavy atom. The first-order valence-electron chi connectivity index (χ1n) is 6.13. The van der Waals surface area contributed by atoms with Crippen LogP contribution in [-0.2, 0) is 11.3 Å². The maximum Gasteiger partial charge on any atom is 0.255 e. The molecule has 0 spiro atoms. The summed E-state index contributed by atoms with van der Waals surface area (Å²) in [5, 5.41) is 3.30. The van der Waals surface area contributed by atoms with Crippen LogP contribution >= 0.6 is 15.9 Å². The summed E-state index contributed by atoms with van der Waals surface area (Å²) in [5.41, 5.74) is 7.15. The highest BCUT2D eigenvalue weighted by atomic mass is 79.9. The van der Waals surface area contributed by atoms with E-state index >= 15 is 0 Å². The lowest BCUT2D eigenvalue weighted by atomic mass is 10.2. The maximum atomic E-state index is 10.7. The Kier molecular flexibility index (Phi) is 5.01. The second kappa shape index (κ2) is 6.96. The van der Waals surface area contributed by atoms with E-state index < -0.39 is 5.91 Å². The summed E-state index contributed by atoms with van der Waals surface area (Å²) in [6.45, 7) is 0.600. The van der Waals surface area contributed by atoms with Crippen LogP contribution in [-0.4, -0.2) is 12.5 Å². The largest absolute Gasteiger partial charge is 0.484 e. The predicted octanol–water partition coefficient (Wildman–Crippen LogP) is 2.93. The number of carbonyl (C=O) groups is 1. The molecular formula is C15H15BrN2O2. The molecule has 0 saturated carbocycles. The van der Waals surface area contributed by atoms with E-state index in [0.717, 1.165) is 10.2 Å². The van der Waals surface area contributed by atoms with Gasteiger partial charge in [0.05, 0.1) is 0 Å². The van der Waals surface area contributed by atoms with Crippen molar-refractivity contribution in [3.63, 3.8) is 0 Å². The van der Waals surface area contributed by atoms with Gasteiger partial charge in [-0.15, -0.1) is 0 Å². The van der Waals surface area contributed by atoms with Crippen LogP contribution in [0.15, 0.2) is 53.0 Å². The van der Waals surface area contributed by atoms with E-state index in [2.05, 4.69) is 21.2 Å². The molecule has 104 valence electrons. The Morgan fingerprint density at radius 2 is 1.95 bits per heavy atom. The van der Waals surface area contributed by atoms with Gasteiger partial charge in [-0.1, -0.05) is 34.1 Å². The van der Waals surface area contributed by atoms with Crippen LogP contribution in [0.5, 0.6) is 5.75 Å². The monoisotopic (exact) mass is 334 g/mol. The number of carbonyl (C=O) groups excluding carboxylic acids is 1. The maximum absolute atomic E-state index is 10.7. The number of ether oxygens (including phenoxy) is 1. The number of nitrogens with two attached hydrogens (primary N) is 1. The van der Waals surface area contributed by atoms with Crippen molar-refractivity contribution in [2.24, 2.45) is 5.73 Å². The quantitative estimate of drug-likeness (QED) is 0.853. The smallest absolute Gasteiger partial charge is 0.255 e. The minimum atomic E-state index is -0.488. The Morgan fingerprint density at radius 1 is 1.20 bits per heavy atom. The highest BCUT2D eigenvalue weighted by Gasteiger charge is 2.00. The third-order valence-electron chi connectivity index (χ3n) is 2.63. The van der Waals surface area contributed by atoms with E-state index in [1.165, 1.54) is 5.56 Å². The van der Waals surface area contributed by atoms with Gasteiger partial charge in [0.1, 0.15) is 5.75 Å². The van der Waals surface area contributed by atoms with Gasteiger partial charge >= 0.3 is 0 Å². The first-order valence-corrected chi connectivity index (χ1v) is 6.92. The molecule has 2 aromatic rings. The number of halogens is 1. The molecule has 0 aliphatic rings. The van der Waals surface area contributed by atoms with Crippen LogP contribution in [0.3, 0.4) is 0 Å². The number of anilines is 1. The number of rotatable bonds is 6. The zero-order valence-electron chi connectivity index (χ0n) is 10.8. The van der Waals surface area contributed by atoms with Crippen LogP contribution in [0.2, 0.25) is 0 Å². The fourth-order valence-electron chi connectivity index (χ4n) is 1.66. The van der Waals surface area contributed by atoms with E-state index in [9.17, 15) is 4.79 Å². The number of primary amides is 1. The van der Waals surface area contributed by atoms with Crippen molar-refractivity contribution in [3.8, 4) is 5.75 Å². The Hall–Kier alpha value is -2.01. The number of hydrogen-bond acceptors (Lipinski definition) is 3. The van der Waals surface area contributed by atoms with E-state index in [4.69, 9.17) is 10.5 Å². The van der Waals surface area contributed by atoms with E-state index in [1.807, 2.05) is 42.5 Å². The molecule has 0 aromatic heterocycles. The Balaban J connectivity index is 1.94. The predicted molar refractivity (Wildman–Crippen MR) is 82.6 cm³/mol. The summed E-state index contributed by atoms with van der Waals surface area (Å²) in [6, 6.07) is 15.5. The van der Waals surface area contributed by atoms with Gasteiger partial charge in [-0.3, -0.25) is 4.79 Å². The van der Waals surface area contributed by atoms with Crippen LogP contribution in [0, 0.1) is 0 Å². The molecular weight excluding hydrogens is 320 g/mol. The van der Waals surface area contributed by atoms with Crippen LogP contribution in [0.4, 0.5) is 5.69 Å². The topological polar surface area (TPSA) is 64.4 Å². The lowest BCUT2D eigenvalue weighted by molar-refractivity contribution is -0.119. The molecule has 0 aliphatic carbocycles. The van der Waals surface area contributed by atoms with Crippen LogP contribution in [0.1, 0.15) is 5.56 Å². The van der Waals surface area contributed by atoms with Crippen molar-refractivity contribution in [2.75, 3.05) is 11.9 Å². The minimum Gasteiger partial charge on any atom is -0.484 e. The fourth-order valence-corrected chi connectivity index (χ4v) is 1.92. The molecule has 20 heavy (non-hydrogen) atoms. The molecule has 0 bridgehead atoms. The standard InChI is InChI=1S/C15H15BrN2O2/c16-12-6-4-11(5-7-12)9-18-13-2-1-3-14(8-13)20-10-15(17)19/h1-8,18H,9-10H2,(H2,17,19). The highest BCUT2D eigenvalue weighted by molar-refractivity contribution is 9.10. The van der Waals surface area contributed by atoms with Gasteiger partial charge in [-0.25, -0.2) is 0 Å². The van der Waals surface area contributed by atoms with Gasteiger partial charge in [-0.05, 0) is 29.8 Å². The summed E-state index contributed by atoms with van der Waals surface area (Å²) >= 11 is 3.41. The average Bonchev–Trinajstić information content (AvgIpc) is 2.45. The van der Waals surface area contributed by atoms with Gasteiger partial charge in [0.15, 0.2) is 6.61 Å². The molecule has 0 fully saturated rings. The number of benzene rings is 2. The third kappa shape index (κ3) is 4.59. The molecule has 0 aliphatic heterocycles. The average molecular weight is 335 g/mol. The summed E-state index contributed by atoms with van der Waals surface area (Å²) in [4.78, 5) is 10.7. The van der Waals surface area contributed by atoms with Crippen molar-refractivity contribution >= 4 is 27.5 Å². The van der Waals surface area contributed by atoms with Crippen molar-refractivity contribution in [1.29, 1.82) is 0 Å². The second-order valence-corrected chi connectivity index (χ2v) is 5.18. The molecule has 2 aromatic carbocycles. The fraction of sp³-hybridized carbons (Fsp3) is 0.133. The van der Waals surface area contributed by atoms with Crippen molar-refractivity contribution < 1.29 is 9.53 Å². The van der Waals surface area contributed by atoms with Crippen molar-refractivity contribution in [3.05, 3.63) is 58.6 Å². The number of nitrogens with one attached hydrogen (secondary N) is 1. The van der Waals surface area contributed by atoms with E-state index in [-0.39, 0.29) is 6.61 Å².